The molecule has 6 heteroatoms. The minimum atomic E-state index is -4.38. The Hall–Kier alpha value is -1.04. The largest absolute Gasteiger partial charge is 0.435 e. The van der Waals surface area contributed by atoms with Crippen molar-refractivity contribution < 1.29 is 13.2 Å². The van der Waals surface area contributed by atoms with Gasteiger partial charge in [-0.2, -0.15) is 18.3 Å². The van der Waals surface area contributed by atoms with Gasteiger partial charge in [0.1, 0.15) is 0 Å². The van der Waals surface area contributed by atoms with E-state index in [9.17, 15) is 13.2 Å². The Kier molecular flexibility index (Phi) is 2.72. The number of hydrogen-bond acceptors (Lipinski definition) is 2. The molecule has 1 aromatic rings. The van der Waals surface area contributed by atoms with Gasteiger partial charge >= 0.3 is 6.18 Å². The predicted molar refractivity (Wildman–Crippen MR) is 57.5 cm³/mol. The first-order valence-corrected chi connectivity index (χ1v) is 5.61. The van der Waals surface area contributed by atoms with Crippen LogP contribution in [0.15, 0.2) is 6.07 Å². The number of aromatic nitrogens is 2. The first-order chi connectivity index (χ1) is 7.67. The molecule has 2 N–H and O–H groups in total. The highest BCUT2D eigenvalue weighted by Crippen LogP contribution is 2.42. The number of nitrogens with two attached hydrogens (primary N) is 1. The van der Waals surface area contributed by atoms with Crippen LogP contribution in [0, 0.1) is 0 Å². The lowest BCUT2D eigenvalue weighted by atomic mass is 10.1. The molecule has 1 saturated carbocycles. The van der Waals surface area contributed by atoms with E-state index in [2.05, 4.69) is 5.10 Å². The molecule has 0 bridgehead atoms. The summed E-state index contributed by atoms with van der Waals surface area (Å²) < 4.78 is 39.2. The SMILES string of the molecule is CC(C)(N)Cn1nc(C(F)(F)F)cc1C1CC1. The Bertz CT molecular complexity index is 411. The van der Waals surface area contributed by atoms with Crippen molar-refractivity contribution in [2.45, 2.75) is 50.9 Å². The summed E-state index contributed by atoms with van der Waals surface area (Å²) in [5, 5.41) is 3.64. The number of halogens is 3. The maximum Gasteiger partial charge on any atom is 0.435 e. The zero-order chi connectivity index (χ0) is 12.8. The Morgan fingerprint density at radius 2 is 2.00 bits per heavy atom. The van der Waals surface area contributed by atoms with Crippen LogP contribution in [0.3, 0.4) is 0 Å². The van der Waals surface area contributed by atoms with Crippen LogP contribution in [-0.4, -0.2) is 15.3 Å². The van der Waals surface area contributed by atoms with E-state index >= 15 is 0 Å². The van der Waals surface area contributed by atoms with Crippen molar-refractivity contribution >= 4 is 0 Å². The summed E-state index contributed by atoms with van der Waals surface area (Å²) in [4.78, 5) is 0. The van der Waals surface area contributed by atoms with Gasteiger partial charge in [-0.3, -0.25) is 4.68 Å². The molecule has 0 saturated heterocycles. The van der Waals surface area contributed by atoms with Crippen LogP contribution >= 0.6 is 0 Å². The van der Waals surface area contributed by atoms with Gasteiger partial charge in [-0.1, -0.05) is 0 Å². The highest BCUT2D eigenvalue weighted by atomic mass is 19.4. The van der Waals surface area contributed by atoms with Crippen LogP contribution in [-0.2, 0) is 12.7 Å². The standard InChI is InChI=1S/C11H16F3N3/c1-10(2,15)6-17-8(7-3-4-7)5-9(16-17)11(12,13)14/h5,7H,3-4,6,15H2,1-2H3. The summed E-state index contributed by atoms with van der Waals surface area (Å²) in [6.07, 6.45) is -2.50. The van der Waals surface area contributed by atoms with Crippen LogP contribution in [0.4, 0.5) is 13.2 Å². The first kappa shape index (κ1) is 12.4. The number of hydrogen-bond donors (Lipinski definition) is 1. The van der Waals surface area contributed by atoms with Crippen LogP contribution in [0.25, 0.3) is 0 Å². The fraction of sp³-hybridized carbons (Fsp3) is 0.727. The molecule has 1 aromatic heterocycles. The average Bonchev–Trinajstić information content (AvgIpc) is 2.84. The molecule has 96 valence electrons. The molecule has 17 heavy (non-hydrogen) atoms. The molecular formula is C11H16F3N3. The molecule has 0 spiro atoms. The van der Waals surface area contributed by atoms with Gasteiger partial charge in [0, 0.05) is 17.2 Å². The molecule has 0 aliphatic heterocycles. The Morgan fingerprint density at radius 1 is 1.41 bits per heavy atom. The van der Waals surface area contributed by atoms with Gasteiger partial charge in [0.05, 0.1) is 6.54 Å². The quantitative estimate of drug-likeness (QED) is 0.891. The maximum absolute atomic E-state index is 12.6. The lowest BCUT2D eigenvalue weighted by Crippen LogP contribution is -2.38. The lowest BCUT2D eigenvalue weighted by Gasteiger charge is -2.19. The topological polar surface area (TPSA) is 43.8 Å². The third-order valence-electron chi connectivity index (χ3n) is 2.65. The molecule has 2 rings (SSSR count). The summed E-state index contributed by atoms with van der Waals surface area (Å²) in [5.41, 5.74) is 5.11. The minimum Gasteiger partial charge on any atom is -0.324 e. The number of nitrogens with zero attached hydrogens (tertiary/aromatic N) is 2. The van der Waals surface area contributed by atoms with Crippen molar-refractivity contribution in [3.05, 3.63) is 17.5 Å². The Balaban J connectivity index is 2.32. The van der Waals surface area contributed by atoms with Crippen molar-refractivity contribution in [1.29, 1.82) is 0 Å². The second kappa shape index (κ2) is 3.73. The third kappa shape index (κ3) is 3.00. The zero-order valence-electron chi connectivity index (χ0n) is 9.88. The van der Waals surface area contributed by atoms with Crippen molar-refractivity contribution in [2.75, 3.05) is 0 Å². The van der Waals surface area contributed by atoms with Crippen LogP contribution in [0.5, 0.6) is 0 Å². The minimum absolute atomic E-state index is 0.223. The predicted octanol–water partition coefficient (Wildman–Crippen LogP) is 2.52. The highest BCUT2D eigenvalue weighted by molar-refractivity contribution is 5.21. The average molecular weight is 247 g/mol. The Labute approximate surface area is 97.8 Å². The van der Waals surface area contributed by atoms with E-state index < -0.39 is 17.4 Å². The number of rotatable bonds is 3. The van der Waals surface area contributed by atoms with Crippen LogP contribution < -0.4 is 5.73 Å². The molecule has 1 aliphatic rings. The van der Waals surface area contributed by atoms with Crippen molar-refractivity contribution in [3.8, 4) is 0 Å². The lowest BCUT2D eigenvalue weighted by molar-refractivity contribution is -0.141. The fourth-order valence-corrected chi connectivity index (χ4v) is 1.79. The van der Waals surface area contributed by atoms with Gasteiger partial charge in [-0.15, -0.1) is 0 Å². The van der Waals surface area contributed by atoms with Gasteiger partial charge in [-0.25, -0.2) is 0 Å². The van der Waals surface area contributed by atoms with E-state index in [0.29, 0.717) is 12.2 Å². The van der Waals surface area contributed by atoms with Crippen LogP contribution in [0.1, 0.15) is 44.0 Å². The third-order valence-corrected chi connectivity index (χ3v) is 2.65. The molecule has 0 unspecified atom stereocenters. The molecule has 0 radical (unpaired) electrons. The zero-order valence-corrected chi connectivity index (χ0v) is 9.88. The van der Waals surface area contributed by atoms with E-state index in [4.69, 9.17) is 5.73 Å². The molecule has 3 nitrogen and oxygen atoms in total. The van der Waals surface area contributed by atoms with E-state index in [-0.39, 0.29) is 5.92 Å². The normalized spacial score (nSPS) is 17.5. The van der Waals surface area contributed by atoms with Gasteiger partial charge in [0.25, 0.3) is 0 Å². The molecular weight excluding hydrogens is 231 g/mol. The smallest absolute Gasteiger partial charge is 0.324 e. The van der Waals surface area contributed by atoms with Crippen molar-refractivity contribution in [3.63, 3.8) is 0 Å². The van der Waals surface area contributed by atoms with E-state index in [1.807, 2.05) is 0 Å². The second-order valence-electron chi connectivity index (χ2n) is 5.37. The summed E-state index contributed by atoms with van der Waals surface area (Å²) in [6, 6.07) is 1.16. The molecule has 1 heterocycles. The van der Waals surface area contributed by atoms with E-state index in [1.165, 1.54) is 4.68 Å². The summed E-state index contributed by atoms with van der Waals surface area (Å²) in [5.74, 6) is 0.223. The second-order valence-corrected chi connectivity index (χ2v) is 5.37. The van der Waals surface area contributed by atoms with E-state index in [0.717, 1.165) is 18.9 Å². The molecule has 0 amide bonds. The monoisotopic (exact) mass is 247 g/mol. The Morgan fingerprint density at radius 3 is 2.41 bits per heavy atom. The molecule has 0 aromatic carbocycles. The first-order valence-electron chi connectivity index (χ1n) is 5.61. The van der Waals surface area contributed by atoms with Gasteiger partial charge in [0.2, 0.25) is 0 Å². The molecule has 1 fully saturated rings. The van der Waals surface area contributed by atoms with Gasteiger partial charge in [-0.05, 0) is 32.8 Å². The number of alkyl halides is 3. The summed E-state index contributed by atoms with van der Waals surface area (Å²) in [7, 11) is 0. The van der Waals surface area contributed by atoms with Crippen molar-refractivity contribution in [2.24, 2.45) is 5.73 Å². The van der Waals surface area contributed by atoms with Gasteiger partial charge < -0.3 is 5.73 Å². The molecule has 1 aliphatic carbocycles. The summed E-state index contributed by atoms with van der Waals surface area (Å²) >= 11 is 0. The van der Waals surface area contributed by atoms with Crippen molar-refractivity contribution in [1.82, 2.24) is 9.78 Å². The van der Waals surface area contributed by atoms with E-state index in [1.54, 1.807) is 13.8 Å². The highest BCUT2D eigenvalue weighted by Gasteiger charge is 2.38. The van der Waals surface area contributed by atoms with Gasteiger partial charge in [0.15, 0.2) is 5.69 Å². The maximum atomic E-state index is 12.6. The molecule has 0 atom stereocenters. The summed E-state index contributed by atoms with van der Waals surface area (Å²) in [6.45, 7) is 3.85. The van der Waals surface area contributed by atoms with Crippen LogP contribution in [0.2, 0.25) is 0 Å². The fourth-order valence-electron chi connectivity index (χ4n) is 1.79.